The van der Waals surface area contributed by atoms with Crippen molar-refractivity contribution >= 4 is 11.9 Å². The number of benzene rings is 1. The Morgan fingerprint density at radius 1 is 1.44 bits per heavy atom. The summed E-state index contributed by atoms with van der Waals surface area (Å²) in [5.74, 6) is -1.14. The zero-order valence-corrected chi connectivity index (χ0v) is 9.88. The Kier molecular flexibility index (Phi) is 3.62. The molecule has 0 saturated carbocycles. The second-order valence-corrected chi connectivity index (χ2v) is 3.79. The van der Waals surface area contributed by atoms with Gasteiger partial charge in [0.05, 0.1) is 19.2 Å². The van der Waals surface area contributed by atoms with E-state index in [0.29, 0.717) is 0 Å². The van der Waals surface area contributed by atoms with Gasteiger partial charge in [0.1, 0.15) is 12.3 Å². The molecule has 1 heterocycles. The number of hydrogen-bond acceptors (Lipinski definition) is 5. The van der Waals surface area contributed by atoms with Crippen LogP contribution in [0.25, 0.3) is 0 Å². The van der Waals surface area contributed by atoms with Crippen molar-refractivity contribution in [3.63, 3.8) is 0 Å². The maximum absolute atomic E-state index is 11.5. The Balaban J connectivity index is 2.17. The van der Waals surface area contributed by atoms with Crippen LogP contribution in [0.5, 0.6) is 0 Å². The fourth-order valence-corrected chi connectivity index (χ4v) is 1.67. The molecule has 1 unspecified atom stereocenters. The molecule has 1 aromatic carbocycles. The number of ether oxygens (including phenoxy) is 2. The van der Waals surface area contributed by atoms with Gasteiger partial charge in [0.2, 0.25) is 0 Å². The lowest BCUT2D eigenvalue weighted by atomic mass is 10.1. The van der Waals surface area contributed by atoms with Crippen LogP contribution in [-0.4, -0.2) is 25.7 Å². The highest BCUT2D eigenvalue weighted by atomic mass is 16.5. The van der Waals surface area contributed by atoms with E-state index in [1.807, 2.05) is 30.3 Å². The maximum atomic E-state index is 11.5. The van der Waals surface area contributed by atoms with Gasteiger partial charge >= 0.3 is 11.9 Å². The molecule has 5 nitrogen and oxygen atoms in total. The van der Waals surface area contributed by atoms with Crippen LogP contribution in [-0.2, 0) is 19.1 Å². The monoisotopic (exact) mass is 247 g/mol. The third-order valence-electron chi connectivity index (χ3n) is 2.60. The molecule has 18 heavy (non-hydrogen) atoms. The summed E-state index contributed by atoms with van der Waals surface area (Å²) in [5, 5.41) is 2.97. The molecule has 2 rings (SSSR count). The zero-order chi connectivity index (χ0) is 13.0. The van der Waals surface area contributed by atoms with Crippen LogP contribution < -0.4 is 5.32 Å². The van der Waals surface area contributed by atoms with Gasteiger partial charge in [-0.15, -0.1) is 0 Å². The molecule has 0 spiro atoms. The maximum Gasteiger partial charge on any atom is 0.354 e. The van der Waals surface area contributed by atoms with Gasteiger partial charge in [0, 0.05) is 0 Å². The van der Waals surface area contributed by atoms with Crippen molar-refractivity contribution in [3.8, 4) is 0 Å². The van der Waals surface area contributed by atoms with E-state index in [9.17, 15) is 9.59 Å². The number of carbonyl (C=O) groups excluding carboxylic acids is 2. The molecule has 1 fully saturated rings. The minimum Gasteiger partial charge on any atom is -0.466 e. The lowest BCUT2D eigenvalue weighted by molar-refractivity contribution is -0.144. The second kappa shape index (κ2) is 5.35. The molecule has 0 bridgehead atoms. The van der Waals surface area contributed by atoms with Crippen LogP contribution in [0.1, 0.15) is 11.6 Å². The van der Waals surface area contributed by atoms with E-state index in [1.54, 1.807) is 0 Å². The largest absolute Gasteiger partial charge is 0.466 e. The molecule has 0 aliphatic carbocycles. The van der Waals surface area contributed by atoms with Crippen molar-refractivity contribution in [1.82, 2.24) is 5.32 Å². The summed E-state index contributed by atoms with van der Waals surface area (Å²) in [4.78, 5) is 22.6. The first-order chi connectivity index (χ1) is 8.70. The molecule has 1 aliphatic heterocycles. The van der Waals surface area contributed by atoms with E-state index in [1.165, 1.54) is 7.11 Å². The summed E-state index contributed by atoms with van der Waals surface area (Å²) in [7, 11) is 1.25. The molecule has 1 N–H and O–H groups in total. The van der Waals surface area contributed by atoms with E-state index in [2.05, 4.69) is 10.1 Å². The van der Waals surface area contributed by atoms with Crippen LogP contribution in [0.15, 0.2) is 42.1 Å². The fraction of sp³-hybridized carbons (Fsp3) is 0.231. The van der Waals surface area contributed by atoms with Gasteiger partial charge in [-0.3, -0.25) is 0 Å². The van der Waals surface area contributed by atoms with Crippen LogP contribution >= 0.6 is 0 Å². The molecular formula is C13H13NO4. The SMILES string of the molecule is COC(=O)C=C1NC(c2ccccc2)COC1=O. The van der Waals surface area contributed by atoms with Gasteiger partial charge in [-0.1, -0.05) is 30.3 Å². The van der Waals surface area contributed by atoms with E-state index >= 15 is 0 Å². The van der Waals surface area contributed by atoms with Gasteiger partial charge in [-0.25, -0.2) is 9.59 Å². The smallest absolute Gasteiger partial charge is 0.354 e. The summed E-state index contributed by atoms with van der Waals surface area (Å²) in [6, 6.07) is 9.40. The van der Waals surface area contributed by atoms with Crippen molar-refractivity contribution in [1.29, 1.82) is 0 Å². The van der Waals surface area contributed by atoms with Gasteiger partial charge in [0.25, 0.3) is 0 Å². The van der Waals surface area contributed by atoms with Crippen LogP contribution in [0.3, 0.4) is 0 Å². The lowest BCUT2D eigenvalue weighted by Crippen LogP contribution is -2.36. The van der Waals surface area contributed by atoms with Crippen molar-refractivity contribution in [2.24, 2.45) is 0 Å². The van der Waals surface area contributed by atoms with Crippen molar-refractivity contribution in [2.45, 2.75) is 6.04 Å². The number of esters is 2. The number of nitrogens with one attached hydrogen (secondary N) is 1. The van der Waals surface area contributed by atoms with Crippen LogP contribution in [0.4, 0.5) is 0 Å². The molecule has 0 aromatic heterocycles. The molecule has 0 radical (unpaired) electrons. The van der Waals surface area contributed by atoms with E-state index in [4.69, 9.17) is 4.74 Å². The summed E-state index contributed by atoms with van der Waals surface area (Å²) >= 11 is 0. The average molecular weight is 247 g/mol. The Morgan fingerprint density at radius 2 is 2.17 bits per heavy atom. The number of morpholine rings is 1. The van der Waals surface area contributed by atoms with Gasteiger partial charge < -0.3 is 14.8 Å². The third kappa shape index (κ3) is 2.68. The first-order valence-corrected chi connectivity index (χ1v) is 5.49. The molecule has 1 aliphatic rings. The standard InChI is InChI=1S/C13H13NO4/c1-17-12(15)7-10-13(16)18-8-11(14-10)9-5-3-2-4-6-9/h2-7,11,14H,8H2,1H3. The fourth-order valence-electron chi connectivity index (χ4n) is 1.67. The van der Waals surface area contributed by atoms with Crippen molar-refractivity contribution in [3.05, 3.63) is 47.7 Å². The zero-order valence-electron chi connectivity index (χ0n) is 9.88. The molecule has 94 valence electrons. The van der Waals surface area contributed by atoms with Gasteiger partial charge in [-0.2, -0.15) is 0 Å². The highest BCUT2D eigenvalue weighted by Gasteiger charge is 2.25. The van der Waals surface area contributed by atoms with Crippen molar-refractivity contribution in [2.75, 3.05) is 13.7 Å². The summed E-state index contributed by atoms with van der Waals surface area (Å²) in [6.45, 7) is 0.237. The molecule has 1 atom stereocenters. The first-order valence-electron chi connectivity index (χ1n) is 5.49. The van der Waals surface area contributed by atoms with Crippen LogP contribution in [0.2, 0.25) is 0 Å². The molecule has 5 heteroatoms. The molecule has 1 aromatic rings. The number of carbonyl (C=O) groups is 2. The summed E-state index contributed by atoms with van der Waals surface area (Å²) in [6.07, 6.45) is 1.09. The van der Waals surface area contributed by atoms with Gasteiger partial charge in [-0.05, 0) is 5.56 Å². The minimum absolute atomic E-state index is 0.113. The lowest BCUT2D eigenvalue weighted by Gasteiger charge is -2.26. The van der Waals surface area contributed by atoms with Crippen molar-refractivity contribution < 1.29 is 19.1 Å². The number of rotatable bonds is 2. The third-order valence-corrected chi connectivity index (χ3v) is 2.60. The summed E-state index contributed by atoms with van der Waals surface area (Å²) < 4.78 is 9.50. The Labute approximate surface area is 104 Å². The van der Waals surface area contributed by atoms with Crippen LogP contribution in [0, 0.1) is 0 Å². The number of cyclic esters (lactones) is 1. The molecule has 0 amide bonds. The average Bonchev–Trinajstić information content (AvgIpc) is 2.42. The molecule has 1 saturated heterocycles. The highest BCUT2D eigenvalue weighted by molar-refractivity contribution is 5.96. The normalized spacial score (nSPS) is 21.1. The first kappa shape index (κ1) is 12.2. The van der Waals surface area contributed by atoms with E-state index in [-0.39, 0.29) is 18.3 Å². The Hall–Kier alpha value is -2.30. The number of methoxy groups -OCH3 is 1. The minimum atomic E-state index is -0.594. The number of hydrogen-bond donors (Lipinski definition) is 1. The highest BCUT2D eigenvalue weighted by Crippen LogP contribution is 2.19. The predicted octanol–water partition coefficient (Wildman–Crippen LogP) is 0.931. The van der Waals surface area contributed by atoms with E-state index < -0.39 is 11.9 Å². The van der Waals surface area contributed by atoms with E-state index in [0.717, 1.165) is 11.6 Å². The molecular weight excluding hydrogens is 234 g/mol. The quantitative estimate of drug-likeness (QED) is 0.622. The topological polar surface area (TPSA) is 64.6 Å². The summed E-state index contributed by atoms with van der Waals surface area (Å²) in [5.41, 5.74) is 1.10. The Morgan fingerprint density at radius 3 is 2.83 bits per heavy atom. The second-order valence-electron chi connectivity index (χ2n) is 3.79. The Bertz CT molecular complexity index is 481. The predicted molar refractivity (Wildman–Crippen MR) is 63.4 cm³/mol. The van der Waals surface area contributed by atoms with Gasteiger partial charge in [0.15, 0.2) is 0 Å².